The molecular weight excluding hydrogens is 174 g/mol. The Morgan fingerprint density at radius 1 is 1.54 bits per heavy atom. The molecule has 0 bridgehead atoms. The minimum Gasteiger partial charge on any atom is -0.507 e. The molecule has 6 nitrogen and oxygen atoms in total. The van der Waals surface area contributed by atoms with Crippen LogP contribution < -0.4 is 0 Å². The van der Waals surface area contributed by atoms with E-state index in [-0.39, 0.29) is 11.3 Å². The summed E-state index contributed by atoms with van der Waals surface area (Å²) in [6.07, 6.45) is 2.49. The van der Waals surface area contributed by atoms with Crippen molar-refractivity contribution in [2.75, 3.05) is 0 Å². The van der Waals surface area contributed by atoms with Gasteiger partial charge in [0.15, 0.2) is 5.65 Å². The summed E-state index contributed by atoms with van der Waals surface area (Å²) < 4.78 is 1.28. The monoisotopic (exact) mass is 179 g/mol. The number of aromatic nitrogens is 3. The molecule has 0 spiro atoms. The molecule has 2 rings (SSSR count). The van der Waals surface area contributed by atoms with E-state index in [0.29, 0.717) is 5.65 Å². The van der Waals surface area contributed by atoms with Crippen LogP contribution in [0.2, 0.25) is 0 Å². The average molecular weight is 179 g/mol. The van der Waals surface area contributed by atoms with Crippen LogP contribution >= 0.6 is 0 Å². The van der Waals surface area contributed by atoms with Crippen molar-refractivity contribution in [3.05, 3.63) is 24.2 Å². The number of nitrogens with zero attached hydrogens (tertiary/aromatic N) is 3. The van der Waals surface area contributed by atoms with Crippen LogP contribution in [0, 0.1) is 0 Å². The highest BCUT2D eigenvalue weighted by Gasteiger charge is 2.11. The maximum Gasteiger partial charge on any atom is 0.341 e. The summed E-state index contributed by atoms with van der Waals surface area (Å²) in [5, 5.41) is 21.6. The van der Waals surface area contributed by atoms with Crippen molar-refractivity contribution in [2.45, 2.75) is 0 Å². The summed E-state index contributed by atoms with van der Waals surface area (Å²) in [6.45, 7) is 0. The number of pyridine rings is 1. The molecule has 6 heteroatoms. The second kappa shape index (κ2) is 2.44. The molecule has 2 aromatic heterocycles. The zero-order chi connectivity index (χ0) is 9.42. The summed E-state index contributed by atoms with van der Waals surface area (Å²) in [5.74, 6) is -1.51. The predicted molar refractivity (Wildman–Crippen MR) is 41.6 cm³/mol. The molecule has 2 aromatic rings. The fourth-order valence-corrected chi connectivity index (χ4v) is 1.02. The van der Waals surface area contributed by atoms with Gasteiger partial charge in [-0.25, -0.2) is 14.3 Å². The summed E-state index contributed by atoms with van der Waals surface area (Å²) >= 11 is 0. The van der Waals surface area contributed by atoms with E-state index in [1.54, 1.807) is 0 Å². The second-order valence-corrected chi connectivity index (χ2v) is 2.44. The Labute approximate surface area is 72.1 Å². The lowest BCUT2D eigenvalue weighted by Gasteiger charge is -1.98. The molecule has 0 unspecified atom stereocenters. The van der Waals surface area contributed by atoms with Crippen LogP contribution in [0.1, 0.15) is 10.4 Å². The van der Waals surface area contributed by atoms with Gasteiger partial charge in [-0.1, -0.05) is 0 Å². The number of hydrogen-bond acceptors (Lipinski definition) is 4. The first-order chi connectivity index (χ1) is 6.18. The van der Waals surface area contributed by atoms with Gasteiger partial charge in [-0.3, -0.25) is 0 Å². The molecule has 2 heterocycles. The van der Waals surface area contributed by atoms with E-state index in [4.69, 9.17) is 5.11 Å². The van der Waals surface area contributed by atoms with Crippen LogP contribution in [-0.2, 0) is 0 Å². The lowest BCUT2D eigenvalue weighted by atomic mass is 10.2. The number of carboxylic acids is 1. The van der Waals surface area contributed by atoms with Gasteiger partial charge >= 0.3 is 5.97 Å². The SMILES string of the molecule is O=C(O)c1cn2ncnc2cc1O. The molecule has 2 N–H and O–H groups in total. The minimum atomic E-state index is -1.20. The summed E-state index contributed by atoms with van der Waals surface area (Å²) in [4.78, 5) is 14.3. The highest BCUT2D eigenvalue weighted by molar-refractivity contribution is 5.90. The van der Waals surface area contributed by atoms with Crippen LogP contribution in [0.25, 0.3) is 5.65 Å². The lowest BCUT2D eigenvalue weighted by Crippen LogP contribution is -2.00. The minimum absolute atomic E-state index is 0.196. The van der Waals surface area contributed by atoms with Gasteiger partial charge in [0.1, 0.15) is 17.6 Å². The maximum atomic E-state index is 10.6. The molecule has 13 heavy (non-hydrogen) atoms. The van der Waals surface area contributed by atoms with Crippen LogP contribution in [0.3, 0.4) is 0 Å². The number of carboxylic acid groups (broad SMARTS) is 1. The summed E-state index contributed by atoms with van der Waals surface area (Å²) in [7, 11) is 0. The van der Waals surface area contributed by atoms with Crippen molar-refractivity contribution in [1.29, 1.82) is 0 Å². The Kier molecular flexibility index (Phi) is 1.42. The number of carbonyl (C=O) groups is 1. The fourth-order valence-electron chi connectivity index (χ4n) is 1.02. The Hall–Kier alpha value is -2.11. The molecule has 0 fully saturated rings. The normalized spacial score (nSPS) is 10.5. The molecule has 0 aliphatic rings. The van der Waals surface area contributed by atoms with Gasteiger partial charge in [0.25, 0.3) is 0 Å². The Morgan fingerprint density at radius 3 is 3.00 bits per heavy atom. The van der Waals surface area contributed by atoms with Crippen molar-refractivity contribution in [3.63, 3.8) is 0 Å². The first-order valence-electron chi connectivity index (χ1n) is 3.44. The average Bonchev–Trinajstić information content (AvgIpc) is 2.48. The zero-order valence-electron chi connectivity index (χ0n) is 6.38. The van der Waals surface area contributed by atoms with E-state index in [0.717, 1.165) is 0 Å². The first kappa shape index (κ1) is 7.53. The molecule has 0 saturated heterocycles. The van der Waals surface area contributed by atoms with Crippen molar-refractivity contribution >= 4 is 11.6 Å². The Bertz CT molecular complexity index is 477. The van der Waals surface area contributed by atoms with E-state index < -0.39 is 5.97 Å². The molecule has 66 valence electrons. The highest BCUT2D eigenvalue weighted by atomic mass is 16.4. The van der Waals surface area contributed by atoms with E-state index in [2.05, 4.69) is 10.1 Å². The molecule has 0 aromatic carbocycles. The highest BCUT2D eigenvalue weighted by Crippen LogP contribution is 2.17. The molecule has 0 radical (unpaired) electrons. The Morgan fingerprint density at radius 2 is 2.31 bits per heavy atom. The topological polar surface area (TPSA) is 87.7 Å². The lowest BCUT2D eigenvalue weighted by molar-refractivity contribution is 0.0693. The zero-order valence-corrected chi connectivity index (χ0v) is 6.38. The van der Waals surface area contributed by atoms with Gasteiger partial charge in [-0.15, -0.1) is 0 Å². The van der Waals surface area contributed by atoms with Crippen LogP contribution in [0.4, 0.5) is 0 Å². The quantitative estimate of drug-likeness (QED) is 0.649. The predicted octanol–water partition coefficient (Wildman–Crippen LogP) is 0.133. The van der Waals surface area contributed by atoms with E-state index in [1.807, 2.05) is 0 Å². The summed E-state index contributed by atoms with van der Waals surface area (Å²) in [5.41, 5.74) is 0.209. The van der Waals surface area contributed by atoms with Gasteiger partial charge in [-0.05, 0) is 0 Å². The molecule has 0 atom stereocenters. The van der Waals surface area contributed by atoms with Gasteiger partial charge < -0.3 is 10.2 Å². The summed E-state index contributed by atoms with van der Waals surface area (Å²) in [6, 6.07) is 1.25. The van der Waals surface area contributed by atoms with Gasteiger partial charge in [0.05, 0.1) is 0 Å². The molecular formula is C7H5N3O3. The number of hydrogen-bond donors (Lipinski definition) is 2. The molecule has 0 saturated carbocycles. The van der Waals surface area contributed by atoms with Crippen molar-refractivity contribution < 1.29 is 15.0 Å². The number of rotatable bonds is 1. The van der Waals surface area contributed by atoms with Crippen molar-refractivity contribution in [1.82, 2.24) is 14.6 Å². The smallest absolute Gasteiger partial charge is 0.341 e. The largest absolute Gasteiger partial charge is 0.507 e. The number of aromatic hydroxyl groups is 1. The fraction of sp³-hybridized carbons (Fsp3) is 0. The maximum absolute atomic E-state index is 10.6. The van der Waals surface area contributed by atoms with Gasteiger partial charge in [0.2, 0.25) is 0 Å². The molecule has 0 amide bonds. The number of fused-ring (bicyclic) bond motifs is 1. The van der Waals surface area contributed by atoms with Crippen molar-refractivity contribution in [3.8, 4) is 5.75 Å². The van der Waals surface area contributed by atoms with Crippen molar-refractivity contribution in [2.24, 2.45) is 0 Å². The van der Waals surface area contributed by atoms with E-state index in [9.17, 15) is 9.90 Å². The van der Waals surface area contributed by atoms with Crippen LogP contribution in [-0.4, -0.2) is 30.8 Å². The second-order valence-electron chi connectivity index (χ2n) is 2.44. The third kappa shape index (κ3) is 1.08. The molecule has 0 aliphatic heterocycles. The Balaban J connectivity index is 2.76. The molecule has 0 aliphatic carbocycles. The third-order valence-electron chi connectivity index (χ3n) is 1.62. The van der Waals surface area contributed by atoms with Crippen LogP contribution in [0.15, 0.2) is 18.6 Å². The van der Waals surface area contributed by atoms with E-state index in [1.165, 1.54) is 23.1 Å². The standard InChI is InChI=1S/C7H5N3O3/c11-5-1-6-8-3-9-10(6)2-4(5)7(12)13/h1-3,11H,(H,12,13). The van der Waals surface area contributed by atoms with Gasteiger partial charge in [-0.2, -0.15) is 5.10 Å². The first-order valence-corrected chi connectivity index (χ1v) is 3.44. The van der Waals surface area contributed by atoms with E-state index >= 15 is 0 Å². The van der Waals surface area contributed by atoms with Gasteiger partial charge in [0, 0.05) is 12.3 Å². The number of aromatic carboxylic acids is 1. The third-order valence-corrected chi connectivity index (χ3v) is 1.62. The van der Waals surface area contributed by atoms with Crippen LogP contribution in [0.5, 0.6) is 5.75 Å².